The second kappa shape index (κ2) is 8.90. The van der Waals surface area contributed by atoms with Crippen molar-refractivity contribution in [2.24, 2.45) is 5.92 Å². The van der Waals surface area contributed by atoms with E-state index >= 15 is 0 Å². The number of nitrogens with one attached hydrogen (secondary N) is 1. The van der Waals surface area contributed by atoms with E-state index in [1.807, 2.05) is 36.5 Å². The number of hydrogen-bond donors (Lipinski definition) is 1. The summed E-state index contributed by atoms with van der Waals surface area (Å²) in [5.41, 5.74) is 2.37. The summed E-state index contributed by atoms with van der Waals surface area (Å²) < 4.78 is 5.72. The number of aromatic nitrogens is 1. The number of ether oxygens (including phenoxy) is 1. The molecule has 1 aromatic carbocycles. The van der Waals surface area contributed by atoms with E-state index < -0.39 is 0 Å². The van der Waals surface area contributed by atoms with Crippen molar-refractivity contribution in [1.82, 2.24) is 10.3 Å². The first-order valence-corrected chi connectivity index (χ1v) is 8.49. The molecular weight excluding hydrogens is 308 g/mol. The lowest BCUT2D eigenvalue weighted by atomic mass is 9.97. The number of rotatable bonds is 8. The summed E-state index contributed by atoms with van der Waals surface area (Å²) in [5, 5.41) is 4.31. The topological polar surface area (TPSA) is 34.2 Å². The van der Waals surface area contributed by atoms with Crippen molar-refractivity contribution < 1.29 is 4.74 Å². The highest BCUT2D eigenvalue weighted by Gasteiger charge is 2.17. The van der Waals surface area contributed by atoms with Crippen LogP contribution < -0.4 is 10.1 Å². The van der Waals surface area contributed by atoms with Crippen molar-refractivity contribution in [2.45, 2.75) is 33.2 Å². The van der Waals surface area contributed by atoms with Crippen molar-refractivity contribution in [3.8, 4) is 5.75 Å². The molecule has 1 N–H and O–H groups in total. The largest absolute Gasteiger partial charge is 0.493 e. The normalized spacial score (nSPS) is 12.4. The molecule has 0 saturated heterocycles. The van der Waals surface area contributed by atoms with Gasteiger partial charge in [-0.05, 0) is 55.6 Å². The Labute approximate surface area is 144 Å². The van der Waals surface area contributed by atoms with Crippen LogP contribution >= 0.6 is 11.6 Å². The lowest BCUT2D eigenvalue weighted by Gasteiger charge is -2.23. The van der Waals surface area contributed by atoms with Gasteiger partial charge in [0.2, 0.25) is 0 Å². The van der Waals surface area contributed by atoms with Crippen molar-refractivity contribution in [1.29, 1.82) is 0 Å². The van der Waals surface area contributed by atoms with Gasteiger partial charge in [0, 0.05) is 11.2 Å². The zero-order chi connectivity index (χ0) is 16.7. The smallest absolute Gasteiger partial charge is 0.120 e. The van der Waals surface area contributed by atoms with E-state index in [9.17, 15) is 0 Å². The van der Waals surface area contributed by atoms with Crippen LogP contribution in [0.2, 0.25) is 5.02 Å². The Kier molecular flexibility index (Phi) is 6.87. The minimum Gasteiger partial charge on any atom is -0.493 e. The van der Waals surface area contributed by atoms with E-state index in [1.54, 1.807) is 0 Å². The monoisotopic (exact) mass is 332 g/mol. The third-order valence-corrected chi connectivity index (χ3v) is 4.00. The molecule has 0 aliphatic carbocycles. The first-order valence-electron chi connectivity index (χ1n) is 8.11. The third-order valence-electron chi connectivity index (χ3n) is 3.76. The highest BCUT2D eigenvalue weighted by Crippen LogP contribution is 2.22. The maximum Gasteiger partial charge on any atom is 0.120 e. The molecule has 1 aromatic heterocycles. The fourth-order valence-corrected chi connectivity index (χ4v) is 2.73. The van der Waals surface area contributed by atoms with Crippen LogP contribution in [0.25, 0.3) is 0 Å². The molecule has 0 fully saturated rings. The molecule has 0 aliphatic heterocycles. The molecule has 1 heterocycles. The predicted octanol–water partition coefficient (Wildman–Crippen LogP) is 4.80. The summed E-state index contributed by atoms with van der Waals surface area (Å²) in [6.45, 7) is 8.10. The van der Waals surface area contributed by atoms with E-state index in [1.165, 1.54) is 5.56 Å². The molecule has 0 saturated carbocycles. The Bertz CT molecular complexity index is 616. The first kappa shape index (κ1) is 17.8. The lowest BCUT2D eigenvalue weighted by molar-refractivity contribution is 0.298. The van der Waals surface area contributed by atoms with Crippen molar-refractivity contribution in [3.05, 3.63) is 58.9 Å². The molecule has 0 bridgehead atoms. The lowest BCUT2D eigenvalue weighted by Crippen LogP contribution is -2.29. The fourth-order valence-electron chi connectivity index (χ4n) is 2.55. The Hall–Kier alpha value is -1.58. The molecule has 1 atom stereocenters. The van der Waals surface area contributed by atoms with Gasteiger partial charge in [-0.25, -0.2) is 0 Å². The molecule has 0 amide bonds. The first-order chi connectivity index (χ1) is 11.1. The van der Waals surface area contributed by atoms with Gasteiger partial charge in [-0.3, -0.25) is 4.98 Å². The molecule has 124 valence electrons. The summed E-state index contributed by atoms with van der Waals surface area (Å²) in [6, 6.07) is 11.9. The van der Waals surface area contributed by atoms with Gasteiger partial charge in [0.05, 0.1) is 18.3 Å². The summed E-state index contributed by atoms with van der Waals surface area (Å²) in [5.74, 6) is 1.30. The quantitative estimate of drug-likeness (QED) is 0.705. The number of hydrogen-bond acceptors (Lipinski definition) is 3. The van der Waals surface area contributed by atoms with Crippen LogP contribution in [0.4, 0.5) is 0 Å². The highest BCUT2D eigenvalue weighted by atomic mass is 35.5. The second-order valence-electron chi connectivity index (χ2n) is 6.04. The maximum atomic E-state index is 5.94. The van der Waals surface area contributed by atoms with Crippen LogP contribution in [0, 0.1) is 12.8 Å². The van der Waals surface area contributed by atoms with E-state index in [4.69, 9.17) is 16.3 Å². The number of aryl methyl sites for hydroxylation is 1. The Morgan fingerprint density at radius 1 is 1.22 bits per heavy atom. The fraction of sp³-hybridized carbons (Fsp3) is 0.421. The van der Waals surface area contributed by atoms with Crippen LogP contribution in [-0.4, -0.2) is 18.1 Å². The number of benzene rings is 1. The number of halogens is 1. The van der Waals surface area contributed by atoms with Crippen LogP contribution in [0.15, 0.2) is 42.6 Å². The Morgan fingerprint density at radius 2 is 2.04 bits per heavy atom. The summed E-state index contributed by atoms with van der Waals surface area (Å²) >= 11 is 5.94. The maximum absolute atomic E-state index is 5.94. The van der Waals surface area contributed by atoms with Crippen molar-refractivity contribution >= 4 is 11.6 Å². The SMILES string of the molecule is Cc1cccnc1C(NCCCOc1cccc(Cl)c1)C(C)C. The molecular formula is C19H25ClN2O. The van der Waals surface area contributed by atoms with Gasteiger partial charge in [-0.2, -0.15) is 0 Å². The molecule has 4 heteroatoms. The molecule has 0 spiro atoms. The van der Waals surface area contributed by atoms with Crippen LogP contribution in [-0.2, 0) is 0 Å². The van der Waals surface area contributed by atoms with Crippen LogP contribution in [0.1, 0.15) is 37.6 Å². The van der Waals surface area contributed by atoms with Gasteiger partial charge in [0.15, 0.2) is 0 Å². The Balaban J connectivity index is 1.80. The number of pyridine rings is 1. The van der Waals surface area contributed by atoms with Gasteiger partial charge >= 0.3 is 0 Å². The molecule has 0 radical (unpaired) electrons. The van der Waals surface area contributed by atoms with E-state index in [0.29, 0.717) is 17.5 Å². The molecule has 2 aromatic rings. The average molecular weight is 333 g/mol. The minimum absolute atomic E-state index is 0.266. The van der Waals surface area contributed by atoms with E-state index in [0.717, 1.165) is 24.4 Å². The third kappa shape index (κ3) is 5.52. The zero-order valence-electron chi connectivity index (χ0n) is 14.1. The summed E-state index contributed by atoms with van der Waals surface area (Å²) in [6.07, 6.45) is 2.79. The van der Waals surface area contributed by atoms with E-state index in [2.05, 4.69) is 37.1 Å². The molecule has 1 unspecified atom stereocenters. The average Bonchev–Trinajstić information content (AvgIpc) is 2.52. The van der Waals surface area contributed by atoms with Crippen LogP contribution in [0.3, 0.4) is 0 Å². The minimum atomic E-state index is 0.266. The molecule has 0 aliphatic rings. The van der Waals surface area contributed by atoms with Gasteiger partial charge in [0.1, 0.15) is 5.75 Å². The van der Waals surface area contributed by atoms with Crippen molar-refractivity contribution in [3.63, 3.8) is 0 Å². The predicted molar refractivity (Wildman–Crippen MR) is 96.1 cm³/mol. The van der Waals surface area contributed by atoms with Crippen molar-refractivity contribution in [2.75, 3.05) is 13.2 Å². The summed E-state index contributed by atoms with van der Waals surface area (Å²) in [4.78, 5) is 4.55. The summed E-state index contributed by atoms with van der Waals surface area (Å²) in [7, 11) is 0. The Morgan fingerprint density at radius 3 is 2.74 bits per heavy atom. The van der Waals surface area contributed by atoms with Gasteiger partial charge in [-0.1, -0.05) is 37.6 Å². The highest BCUT2D eigenvalue weighted by molar-refractivity contribution is 6.30. The molecule has 2 rings (SSSR count). The second-order valence-corrected chi connectivity index (χ2v) is 6.48. The van der Waals surface area contributed by atoms with Gasteiger partial charge in [-0.15, -0.1) is 0 Å². The number of nitrogens with zero attached hydrogens (tertiary/aromatic N) is 1. The van der Waals surface area contributed by atoms with Gasteiger partial charge < -0.3 is 10.1 Å². The standard InChI is InChI=1S/C19H25ClN2O/c1-14(2)18(19-15(3)7-5-10-22-19)21-11-6-12-23-17-9-4-8-16(20)13-17/h4-5,7-10,13-14,18,21H,6,11-12H2,1-3H3. The zero-order valence-corrected chi connectivity index (χ0v) is 14.8. The van der Waals surface area contributed by atoms with Gasteiger partial charge in [0.25, 0.3) is 0 Å². The molecule has 3 nitrogen and oxygen atoms in total. The van der Waals surface area contributed by atoms with E-state index in [-0.39, 0.29) is 6.04 Å². The van der Waals surface area contributed by atoms with Crippen LogP contribution in [0.5, 0.6) is 5.75 Å². The molecule has 23 heavy (non-hydrogen) atoms.